The van der Waals surface area contributed by atoms with Crippen LogP contribution in [0.15, 0.2) is 36.5 Å². The van der Waals surface area contributed by atoms with Gasteiger partial charge in [-0.25, -0.2) is 0 Å². The van der Waals surface area contributed by atoms with Gasteiger partial charge >= 0.3 is 0 Å². The van der Waals surface area contributed by atoms with Crippen LogP contribution in [0.4, 0.5) is 0 Å². The Kier molecular flexibility index (Phi) is 6.32. The van der Waals surface area contributed by atoms with E-state index in [1.807, 2.05) is 28.9 Å². The molecule has 2 aromatic rings. The molecule has 0 bridgehead atoms. The first-order valence-electron chi connectivity index (χ1n) is 10.6. The van der Waals surface area contributed by atoms with Crippen LogP contribution in [0.3, 0.4) is 0 Å². The molecular formula is C22H28N4O4. The van der Waals surface area contributed by atoms with Gasteiger partial charge in [-0.2, -0.15) is 5.10 Å². The molecule has 160 valence electrons. The second-order valence-corrected chi connectivity index (χ2v) is 7.57. The summed E-state index contributed by atoms with van der Waals surface area (Å²) in [5.74, 6) is 0.725. The zero-order valence-electron chi connectivity index (χ0n) is 17.3. The molecule has 0 N–H and O–H groups in total. The largest absolute Gasteiger partial charge is 0.491 e. The first-order valence-corrected chi connectivity index (χ1v) is 10.6. The fraction of sp³-hybridized carbons (Fsp3) is 0.500. The van der Waals surface area contributed by atoms with Crippen LogP contribution >= 0.6 is 0 Å². The van der Waals surface area contributed by atoms with E-state index in [0.29, 0.717) is 56.5 Å². The molecule has 0 saturated carbocycles. The highest BCUT2D eigenvalue weighted by Crippen LogP contribution is 2.22. The van der Waals surface area contributed by atoms with Gasteiger partial charge < -0.3 is 19.3 Å². The maximum atomic E-state index is 12.9. The van der Waals surface area contributed by atoms with Crippen molar-refractivity contribution in [2.75, 3.05) is 39.5 Å². The molecule has 2 saturated heterocycles. The molecule has 8 heteroatoms. The van der Waals surface area contributed by atoms with Crippen molar-refractivity contribution in [3.63, 3.8) is 0 Å². The van der Waals surface area contributed by atoms with Crippen molar-refractivity contribution in [1.82, 2.24) is 19.6 Å². The first-order chi connectivity index (χ1) is 14.7. The number of likely N-dealkylation sites (tertiary alicyclic amines) is 1. The van der Waals surface area contributed by atoms with Crippen LogP contribution < -0.4 is 4.74 Å². The lowest BCUT2D eigenvalue weighted by Crippen LogP contribution is -2.40. The monoisotopic (exact) mass is 412 g/mol. The molecule has 0 spiro atoms. The molecule has 4 rings (SSSR count). The summed E-state index contributed by atoms with van der Waals surface area (Å²) in [5, 5.41) is 4.20. The van der Waals surface area contributed by atoms with Crippen molar-refractivity contribution in [2.24, 2.45) is 0 Å². The van der Waals surface area contributed by atoms with E-state index < -0.39 is 0 Å². The van der Waals surface area contributed by atoms with E-state index in [2.05, 4.69) is 5.10 Å². The van der Waals surface area contributed by atoms with Crippen LogP contribution in [-0.4, -0.2) is 76.9 Å². The summed E-state index contributed by atoms with van der Waals surface area (Å²) >= 11 is 0. The topological polar surface area (TPSA) is 76.9 Å². The number of benzene rings is 1. The molecule has 1 unspecified atom stereocenters. The summed E-state index contributed by atoms with van der Waals surface area (Å²) in [7, 11) is 0. The molecule has 2 amide bonds. The third kappa shape index (κ3) is 4.33. The lowest BCUT2D eigenvalue weighted by molar-refractivity contribution is 0.0303. The number of rotatable bonds is 6. The third-order valence-corrected chi connectivity index (χ3v) is 5.72. The van der Waals surface area contributed by atoms with E-state index in [1.54, 1.807) is 29.1 Å². The summed E-state index contributed by atoms with van der Waals surface area (Å²) in [6.45, 7) is 6.22. The second-order valence-electron chi connectivity index (χ2n) is 7.57. The highest BCUT2D eigenvalue weighted by atomic mass is 16.5. The molecule has 1 aromatic carbocycles. The highest BCUT2D eigenvalue weighted by Gasteiger charge is 2.31. The van der Waals surface area contributed by atoms with Gasteiger partial charge in [0, 0.05) is 37.9 Å². The zero-order chi connectivity index (χ0) is 20.9. The van der Waals surface area contributed by atoms with Gasteiger partial charge in [-0.05, 0) is 50.1 Å². The van der Waals surface area contributed by atoms with E-state index in [9.17, 15) is 9.59 Å². The lowest BCUT2D eigenvalue weighted by atomic mass is 10.2. The van der Waals surface area contributed by atoms with E-state index in [-0.39, 0.29) is 17.9 Å². The molecule has 8 nitrogen and oxygen atoms in total. The minimum absolute atomic E-state index is 0.00639. The highest BCUT2D eigenvalue weighted by molar-refractivity contribution is 5.94. The van der Waals surface area contributed by atoms with Crippen molar-refractivity contribution in [2.45, 2.75) is 32.4 Å². The average molecular weight is 412 g/mol. The van der Waals surface area contributed by atoms with Crippen LogP contribution in [0.1, 0.15) is 40.6 Å². The van der Waals surface area contributed by atoms with Crippen LogP contribution in [0.25, 0.3) is 0 Å². The Morgan fingerprint density at radius 3 is 2.60 bits per heavy atom. The van der Waals surface area contributed by atoms with E-state index in [0.717, 1.165) is 19.4 Å². The van der Waals surface area contributed by atoms with Gasteiger partial charge in [-0.15, -0.1) is 0 Å². The molecule has 2 fully saturated rings. The number of carbonyl (C=O) groups is 2. The summed E-state index contributed by atoms with van der Waals surface area (Å²) < 4.78 is 13.0. The van der Waals surface area contributed by atoms with Gasteiger partial charge in [0.15, 0.2) is 0 Å². The van der Waals surface area contributed by atoms with Crippen molar-refractivity contribution in [1.29, 1.82) is 0 Å². The molecule has 0 aliphatic carbocycles. The zero-order valence-corrected chi connectivity index (χ0v) is 17.3. The Hall–Kier alpha value is -2.87. The fourth-order valence-electron chi connectivity index (χ4n) is 4.02. The summed E-state index contributed by atoms with van der Waals surface area (Å²) in [4.78, 5) is 29.2. The van der Waals surface area contributed by atoms with Crippen LogP contribution in [0.5, 0.6) is 5.75 Å². The fourth-order valence-corrected chi connectivity index (χ4v) is 4.02. The second kappa shape index (κ2) is 9.30. The predicted octanol–water partition coefficient (Wildman–Crippen LogP) is 2.06. The minimum atomic E-state index is 0.00639. The van der Waals surface area contributed by atoms with Crippen molar-refractivity contribution in [3.05, 3.63) is 47.8 Å². The molecule has 0 radical (unpaired) electrons. The molecule has 2 aliphatic rings. The number of aryl methyl sites for hydroxylation is 1. The average Bonchev–Trinajstić information content (AvgIpc) is 3.47. The van der Waals surface area contributed by atoms with Gasteiger partial charge in [0.05, 0.1) is 19.3 Å². The third-order valence-electron chi connectivity index (χ3n) is 5.72. The molecular weight excluding hydrogens is 384 g/mol. The van der Waals surface area contributed by atoms with Crippen LogP contribution in [0.2, 0.25) is 0 Å². The predicted molar refractivity (Wildman–Crippen MR) is 111 cm³/mol. The number of morpholine rings is 1. The van der Waals surface area contributed by atoms with Gasteiger partial charge in [-0.1, -0.05) is 0 Å². The number of hydrogen-bond acceptors (Lipinski definition) is 5. The Balaban J connectivity index is 1.34. The van der Waals surface area contributed by atoms with Gasteiger partial charge in [0.25, 0.3) is 11.8 Å². The standard InChI is InChI=1S/C22H28N4O4/c1-2-26-20(9-10-23-26)22(28)25-11-3-4-18(25)16-30-19-7-5-17(6-8-19)21(27)24-12-14-29-15-13-24/h5-10,18H,2-4,11-16H2,1H3. The SMILES string of the molecule is CCn1nccc1C(=O)N1CCCC1COc1ccc(C(=O)N2CCOCC2)cc1. The van der Waals surface area contributed by atoms with Gasteiger partial charge in [-0.3, -0.25) is 14.3 Å². The van der Waals surface area contributed by atoms with E-state index in [4.69, 9.17) is 9.47 Å². The molecule has 3 heterocycles. The Bertz CT molecular complexity index is 874. The normalized spacial score (nSPS) is 19.2. The molecule has 1 aromatic heterocycles. The van der Waals surface area contributed by atoms with Crippen molar-refractivity contribution in [3.8, 4) is 5.75 Å². The van der Waals surface area contributed by atoms with Crippen molar-refractivity contribution >= 4 is 11.8 Å². The first kappa shape index (κ1) is 20.4. The number of carbonyl (C=O) groups excluding carboxylic acids is 2. The maximum absolute atomic E-state index is 12.9. The Labute approximate surface area is 176 Å². The van der Waals surface area contributed by atoms with Gasteiger partial charge in [0.2, 0.25) is 0 Å². The number of amides is 2. The smallest absolute Gasteiger partial charge is 0.272 e. The lowest BCUT2D eigenvalue weighted by Gasteiger charge is -2.27. The molecule has 30 heavy (non-hydrogen) atoms. The Morgan fingerprint density at radius 2 is 1.87 bits per heavy atom. The maximum Gasteiger partial charge on any atom is 0.272 e. The quantitative estimate of drug-likeness (QED) is 0.726. The molecule has 1 atom stereocenters. The summed E-state index contributed by atoms with van der Waals surface area (Å²) in [6.07, 6.45) is 3.55. The molecule has 2 aliphatic heterocycles. The summed E-state index contributed by atoms with van der Waals surface area (Å²) in [6, 6.07) is 9.04. The number of ether oxygens (including phenoxy) is 2. The van der Waals surface area contributed by atoms with Crippen LogP contribution in [0, 0.1) is 0 Å². The van der Waals surface area contributed by atoms with Gasteiger partial charge in [0.1, 0.15) is 18.1 Å². The van der Waals surface area contributed by atoms with Crippen LogP contribution in [-0.2, 0) is 11.3 Å². The minimum Gasteiger partial charge on any atom is -0.491 e. The number of hydrogen-bond donors (Lipinski definition) is 0. The van der Waals surface area contributed by atoms with Crippen molar-refractivity contribution < 1.29 is 19.1 Å². The summed E-state index contributed by atoms with van der Waals surface area (Å²) in [5.41, 5.74) is 1.27. The van der Waals surface area contributed by atoms with E-state index >= 15 is 0 Å². The van der Waals surface area contributed by atoms with E-state index in [1.165, 1.54) is 0 Å². The number of nitrogens with zero attached hydrogens (tertiary/aromatic N) is 4. The Morgan fingerprint density at radius 1 is 1.10 bits per heavy atom. The number of aromatic nitrogens is 2.